The van der Waals surface area contributed by atoms with Crippen molar-refractivity contribution in [2.45, 2.75) is 19.9 Å². The Morgan fingerprint density at radius 1 is 1.50 bits per heavy atom. The van der Waals surface area contributed by atoms with E-state index in [2.05, 4.69) is 17.2 Å². The second-order valence-corrected chi connectivity index (χ2v) is 3.80. The molecule has 2 heterocycles. The van der Waals surface area contributed by atoms with Crippen molar-refractivity contribution < 1.29 is 4.42 Å². The van der Waals surface area contributed by atoms with Crippen LogP contribution in [0.5, 0.6) is 0 Å². The quantitative estimate of drug-likeness (QED) is 0.784. The van der Waals surface area contributed by atoms with Crippen LogP contribution in [0.1, 0.15) is 19.1 Å². The Morgan fingerprint density at radius 2 is 2.38 bits per heavy atom. The number of aryl methyl sites for hydroxylation is 1. The van der Waals surface area contributed by atoms with E-state index in [9.17, 15) is 0 Å². The zero-order valence-electron chi connectivity index (χ0n) is 9.73. The Morgan fingerprint density at radius 3 is 3.06 bits per heavy atom. The lowest BCUT2D eigenvalue weighted by molar-refractivity contribution is 0.484. The van der Waals surface area contributed by atoms with Crippen molar-refractivity contribution in [1.29, 1.82) is 0 Å². The van der Waals surface area contributed by atoms with E-state index in [1.807, 2.05) is 23.9 Å². The van der Waals surface area contributed by atoms with E-state index >= 15 is 0 Å². The van der Waals surface area contributed by atoms with Gasteiger partial charge in [-0.05, 0) is 19.0 Å². The van der Waals surface area contributed by atoms with Crippen molar-refractivity contribution in [2.24, 2.45) is 7.05 Å². The van der Waals surface area contributed by atoms with Gasteiger partial charge in [-0.3, -0.25) is 0 Å². The molecule has 0 aromatic carbocycles. The van der Waals surface area contributed by atoms with Crippen molar-refractivity contribution in [3.8, 4) is 11.4 Å². The molecule has 0 amide bonds. The van der Waals surface area contributed by atoms with Crippen molar-refractivity contribution in [1.82, 2.24) is 14.9 Å². The van der Waals surface area contributed by atoms with Gasteiger partial charge in [0, 0.05) is 19.4 Å². The number of aromatic nitrogens is 2. The Kier molecular flexibility index (Phi) is 3.41. The molecule has 4 nitrogen and oxygen atoms in total. The molecular formula is C12H17N3O. The highest BCUT2D eigenvalue weighted by Crippen LogP contribution is 2.22. The molecule has 2 aromatic heterocycles. The van der Waals surface area contributed by atoms with Gasteiger partial charge in [0.2, 0.25) is 0 Å². The lowest BCUT2D eigenvalue weighted by Crippen LogP contribution is -2.14. The summed E-state index contributed by atoms with van der Waals surface area (Å²) in [4.78, 5) is 4.32. The summed E-state index contributed by atoms with van der Waals surface area (Å²) in [6.45, 7) is 3.90. The lowest BCUT2D eigenvalue weighted by atomic mass is 10.2. The van der Waals surface area contributed by atoms with E-state index < -0.39 is 0 Å². The molecule has 0 aliphatic rings. The normalized spacial score (nSPS) is 10.9. The van der Waals surface area contributed by atoms with Gasteiger partial charge in [-0.25, -0.2) is 4.98 Å². The number of nitrogens with zero attached hydrogens (tertiary/aromatic N) is 2. The largest absolute Gasteiger partial charge is 0.467 e. The maximum absolute atomic E-state index is 5.47. The van der Waals surface area contributed by atoms with Crippen LogP contribution in [0, 0.1) is 0 Å². The van der Waals surface area contributed by atoms with Crippen molar-refractivity contribution in [2.75, 3.05) is 6.54 Å². The van der Waals surface area contributed by atoms with Crippen LogP contribution in [0.15, 0.2) is 29.1 Å². The van der Waals surface area contributed by atoms with Crippen molar-refractivity contribution in [3.05, 3.63) is 30.5 Å². The minimum atomic E-state index is 0.753. The summed E-state index contributed by atoms with van der Waals surface area (Å²) >= 11 is 0. The Labute approximate surface area is 95.3 Å². The van der Waals surface area contributed by atoms with Gasteiger partial charge >= 0.3 is 0 Å². The van der Waals surface area contributed by atoms with Gasteiger partial charge in [0.1, 0.15) is 11.6 Å². The molecule has 2 aromatic rings. The zero-order valence-corrected chi connectivity index (χ0v) is 9.73. The molecule has 0 atom stereocenters. The van der Waals surface area contributed by atoms with Crippen LogP contribution < -0.4 is 5.32 Å². The number of imidazole rings is 1. The van der Waals surface area contributed by atoms with E-state index in [0.29, 0.717) is 0 Å². The number of hydrogen-bond acceptors (Lipinski definition) is 3. The van der Waals surface area contributed by atoms with E-state index in [1.165, 1.54) is 0 Å². The molecule has 0 spiro atoms. The van der Waals surface area contributed by atoms with Crippen molar-refractivity contribution >= 4 is 0 Å². The van der Waals surface area contributed by atoms with Gasteiger partial charge in [0.05, 0.1) is 18.4 Å². The fraction of sp³-hybridized carbons (Fsp3) is 0.417. The lowest BCUT2D eigenvalue weighted by Gasteiger charge is -2.04. The van der Waals surface area contributed by atoms with Gasteiger partial charge < -0.3 is 14.3 Å². The third-order valence-electron chi connectivity index (χ3n) is 2.52. The number of rotatable bonds is 5. The minimum absolute atomic E-state index is 0.753. The summed E-state index contributed by atoms with van der Waals surface area (Å²) in [5.74, 6) is 1.89. The standard InChI is InChI=1S/C12H17N3O/c1-3-5-13-9-11-10(4-8-16-11)12-14-6-7-15(12)2/h4,6-8,13H,3,5,9H2,1-2H3. The van der Waals surface area contributed by atoms with Gasteiger partial charge in [-0.1, -0.05) is 6.92 Å². The van der Waals surface area contributed by atoms with E-state index in [0.717, 1.165) is 36.7 Å². The summed E-state index contributed by atoms with van der Waals surface area (Å²) in [6, 6.07) is 1.96. The van der Waals surface area contributed by atoms with Crippen LogP contribution in [-0.2, 0) is 13.6 Å². The van der Waals surface area contributed by atoms with E-state index in [4.69, 9.17) is 4.42 Å². The third-order valence-corrected chi connectivity index (χ3v) is 2.52. The molecule has 0 unspecified atom stereocenters. The van der Waals surface area contributed by atoms with Gasteiger partial charge in [0.25, 0.3) is 0 Å². The van der Waals surface area contributed by atoms with Gasteiger partial charge in [-0.15, -0.1) is 0 Å². The summed E-state index contributed by atoms with van der Waals surface area (Å²) in [6.07, 6.45) is 6.57. The molecule has 2 rings (SSSR count). The van der Waals surface area contributed by atoms with Crippen LogP contribution in [0.2, 0.25) is 0 Å². The first kappa shape index (κ1) is 11.0. The highest BCUT2D eigenvalue weighted by Gasteiger charge is 2.11. The summed E-state index contributed by atoms with van der Waals surface area (Å²) in [7, 11) is 1.98. The first-order valence-electron chi connectivity index (χ1n) is 5.57. The predicted molar refractivity (Wildman–Crippen MR) is 62.9 cm³/mol. The molecule has 0 saturated carbocycles. The number of furan rings is 1. The fourth-order valence-corrected chi connectivity index (χ4v) is 1.68. The van der Waals surface area contributed by atoms with Crippen molar-refractivity contribution in [3.63, 3.8) is 0 Å². The number of hydrogen-bond donors (Lipinski definition) is 1. The van der Waals surface area contributed by atoms with E-state index in [-0.39, 0.29) is 0 Å². The zero-order chi connectivity index (χ0) is 11.4. The van der Waals surface area contributed by atoms with Gasteiger partial charge in [-0.2, -0.15) is 0 Å². The molecule has 0 aliphatic heterocycles. The molecule has 86 valence electrons. The number of nitrogens with one attached hydrogen (secondary N) is 1. The van der Waals surface area contributed by atoms with Crippen LogP contribution in [0.25, 0.3) is 11.4 Å². The highest BCUT2D eigenvalue weighted by molar-refractivity contribution is 5.57. The average Bonchev–Trinajstić information content (AvgIpc) is 2.87. The Bertz CT molecular complexity index is 445. The second kappa shape index (κ2) is 4.99. The average molecular weight is 219 g/mol. The molecule has 16 heavy (non-hydrogen) atoms. The monoisotopic (exact) mass is 219 g/mol. The Hall–Kier alpha value is -1.55. The highest BCUT2D eigenvalue weighted by atomic mass is 16.3. The summed E-state index contributed by atoms with van der Waals surface area (Å²) in [5, 5.41) is 3.33. The first-order valence-corrected chi connectivity index (χ1v) is 5.57. The van der Waals surface area contributed by atoms with Crippen LogP contribution >= 0.6 is 0 Å². The molecule has 0 bridgehead atoms. The SMILES string of the molecule is CCCNCc1occc1-c1nccn1C. The van der Waals surface area contributed by atoms with E-state index in [1.54, 1.807) is 12.5 Å². The van der Waals surface area contributed by atoms with Crippen LogP contribution in [0.3, 0.4) is 0 Å². The molecule has 0 fully saturated rings. The second-order valence-electron chi connectivity index (χ2n) is 3.80. The maximum atomic E-state index is 5.47. The van der Waals surface area contributed by atoms with Crippen LogP contribution in [-0.4, -0.2) is 16.1 Å². The van der Waals surface area contributed by atoms with Gasteiger partial charge in [0.15, 0.2) is 0 Å². The molecule has 0 saturated heterocycles. The predicted octanol–water partition coefficient (Wildman–Crippen LogP) is 2.18. The molecule has 4 heteroatoms. The minimum Gasteiger partial charge on any atom is -0.467 e. The third kappa shape index (κ3) is 2.17. The topological polar surface area (TPSA) is 43.0 Å². The maximum Gasteiger partial charge on any atom is 0.143 e. The molecule has 0 aliphatic carbocycles. The molecular weight excluding hydrogens is 202 g/mol. The van der Waals surface area contributed by atoms with Crippen LogP contribution in [0.4, 0.5) is 0 Å². The Balaban J connectivity index is 2.16. The molecule has 1 N–H and O–H groups in total. The smallest absolute Gasteiger partial charge is 0.143 e. The summed E-state index contributed by atoms with van der Waals surface area (Å²) in [5.41, 5.74) is 1.07. The summed E-state index contributed by atoms with van der Waals surface area (Å²) < 4.78 is 7.47. The molecule has 0 radical (unpaired) electrons. The first-order chi connectivity index (χ1) is 7.83. The fourth-order valence-electron chi connectivity index (χ4n) is 1.68.